The van der Waals surface area contributed by atoms with Crippen molar-refractivity contribution >= 4 is 31.7 Å². The standard InChI is InChI=1S/C14H20BrNO3S/c1-2-3-4-7-10-16-14(17)11-20(18,19)13-9-6-5-8-12(13)15/h5-6,8-9H,2-4,7,10-11H2,1H3,(H,16,17). The van der Waals surface area contributed by atoms with Gasteiger partial charge >= 0.3 is 0 Å². The highest BCUT2D eigenvalue weighted by atomic mass is 79.9. The first-order valence-electron chi connectivity index (χ1n) is 6.71. The molecular weight excluding hydrogens is 342 g/mol. The third kappa shape index (κ3) is 5.63. The van der Waals surface area contributed by atoms with Crippen LogP contribution in [0.25, 0.3) is 0 Å². The molecular formula is C14H20BrNO3S. The Bertz CT molecular complexity index is 543. The molecule has 0 radical (unpaired) electrons. The Morgan fingerprint density at radius 1 is 1.20 bits per heavy atom. The van der Waals surface area contributed by atoms with E-state index in [4.69, 9.17) is 0 Å². The predicted molar refractivity (Wildman–Crippen MR) is 83.3 cm³/mol. The Labute approximate surface area is 129 Å². The van der Waals surface area contributed by atoms with E-state index in [1.807, 2.05) is 0 Å². The number of sulfone groups is 1. The number of halogens is 1. The zero-order valence-corrected chi connectivity index (χ0v) is 14.0. The molecule has 0 aliphatic rings. The van der Waals surface area contributed by atoms with Crippen LogP contribution in [-0.2, 0) is 14.6 Å². The minimum absolute atomic E-state index is 0.154. The second-order valence-electron chi connectivity index (χ2n) is 4.60. The number of hydrogen-bond donors (Lipinski definition) is 1. The molecule has 0 bridgehead atoms. The molecule has 0 saturated heterocycles. The van der Waals surface area contributed by atoms with E-state index in [2.05, 4.69) is 28.2 Å². The Hall–Kier alpha value is -0.880. The highest BCUT2D eigenvalue weighted by molar-refractivity contribution is 9.10. The van der Waals surface area contributed by atoms with E-state index in [1.54, 1.807) is 18.2 Å². The van der Waals surface area contributed by atoms with Gasteiger partial charge in [0.05, 0.1) is 4.90 Å². The van der Waals surface area contributed by atoms with Crippen LogP contribution >= 0.6 is 15.9 Å². The second-order valence-corrected chi connectivity index (χ2v) is 7.41. The van der Waals surface area contributed by atoms with Gasteiger partial charge in [-0.2, -0.15) is 0 Å². The highest BCUT2D eigenvalue weighted by Gasteiger charge is 2.21. The largest absolute Gasteiger partial charge is 0.355 e. The molecule has 0 aliphatic heterocycles. The van der Waals surface area contributed by atoms with Gasteiger partial charge in [0, 0.05) is 11.0 Å². The zero-order chi connectivity index (χ0) is 15.0. The topological polar surface area (TPSA) is 63.2 Å². The number of nitrogens with one attached hydrogen (secondary N) is 1. The third-order valence-corrected chi connectivity index (χ3v) is 5.47. The van der Waals surface area contributed by atoms with Crippen molar-refractivity contribution in [2.24, 2.45) is 0 Å². The van der Waals surface area contributed by atoms with Gasteiger partial charge in [0.25, 0.3) is 0 Å². The molecule has 1 rings (SSSR count). The monoisotopic (exact) mass is 361 g/mol. The van der Waals surface area contributed by atoms with E-state index in [0.29, 0.717) is 11.0 Å². The van der Waals surface area contributed by atoms with Crippen molar-refractivity contribution in [1.29, 1.82) is 0 Å². The summed E-state index contributed by atoms with van der Waals surface area (Å²) in [6.45, 7) is 2.65. The molecule has 6 heteroatoms. The summed E-state index contributed by atoms with van der Waals surface area (Å²) in [5.74, 6) is -0.958. The van der Waals surface area contributed by atoms with Crippen molar-refractivity contribution < 1.29 is 13.2 Å². The van der Waals surface area contributed by atoms with Gasteiger partial charge in [-0.05, 0) is 34.5 Å². The van der Waals surface area contributed by atoms with Crippen LogP contribution in [0.5, 0.6) is 0 Å². The smallest absolute Gasteiger partial charge is 0.235 e. The maximum atomic E-state index is 12.1. The predicted octanol–water partition coefficient (Wildman–Crippen LogP) is 2.92. The van der Waals surface area contributed by atoms with Gasteiger partial charge in [0.1, 0.15) is 5.75 Å². The summed E-state index contributed by atoms with van der Waals surface area (Å²) in [7, 11) is -3.60. The number of carbonyl (C=O) groups excluding carboxylic acids is 1. The summed E-state index contributed by atoms with van der Waals surface area (Å²) in [5, 5.41) is 2.65. The molecule has 0 fully saturated rings. The van der Waals surface area contributed by atoms with Gasteiger partial charge in [-0.25, -0.2) is 8.42 Å². The van der Waals surface area contributed by atoms with Crippen LogP contribution in [0.3, 0.4) is 0 Å². The molecule has 1 aromatic carbocycles. The van der Waals surface area contributed by atoms with Crippen LogP contribution in [0, 0.1) is 0 Å². The van der Waals surface area contributed by atoms with Crippen molar-refractivity contribution in [3.8, 4) is 0 Å². The van der Waals surface area contributed by atoms with Crippen LogP contribution in [0.1, 0.15) is 32.6 Å². The number of amides is 1. The molecule has 112 valence electrons. The van der Waals surface area contributed by atoms with E-state index in [-0.39, 0.29) is 4.90 Å². The first kappa shape index (κ1) is 17.2. The Balaban J connectivity index is 2.51. The van der Waals surface area contributed by atoms with Gasteiger partial charge in [-0.15, -0.1) is 0 Å². The highest BCUT2D eigenvalue weighted by Crippen LogP contribution is 2.22. The second kappa shape index (κ2) is 8.42. The lowest BCUT2D eigenvalue weighted by Crippen LogP contribution is -2.31. The van der Waals surface area contributed by atoms with Crippen LogP contribution in [0.2, 0.25) is 0 Å². The summed E-state index contributed by atoms with van der Waals surface area (Å²) in [5.41, 5.74) is 0. The van der Waals surface area contributed by atoms with E-state index in [1.165, 1.54) is 6.07 Å². The first-order chi connectivity index (χ1) is 9.47. The first-order valence-corrected chi connectivity index (χ1v) is 9.16. The van der Waals surface area contributed by atoms with Gasteiger partial charge < -0.3 is 5.32 Å². The molecule has 1 aromatic rings. The molecule has 20 heavy (non-hydrogen) atoms. The number of rotatable bonds is 8. The molecule has 0 spiro atoms. The van der Waals surface area contributed by atoms with Crippen molar-refractivity contribution in [3.63, 3.8) is 0 Å². The maximum Gasteiger partial charge on any atom is 0.235 e. The average Bonchev–Trinajstić information content (AvgIpc) is 2.38. The van der Waals surface area contributed by atoms with Gasteiger partial charge in [0.15, 0.2) is 9.84 Å². The van der Waals surface area contributed by atoms with Crippen molar-refractivity contribution in [3.05, 3.63) is 28.7 Å². The molecule has 0 saturated carbocycles. The van der Waals surface area contributed by atoms with E-state index < -0.39 is 21.5 Å². The third-order valence-electron chi connectivity index (χ3n) is 2.85. The molecule has 0 atom stereocenters. The SMILES string of the molecule is CCCCCCNC(=O)CS(=O)(=O)c1ccccc1Br. The van der Waals surface area contributed by atoms with E-state index in [0.717, 1.165) is 25.7 Å². The fourth-order valence-corrected chi connectivity index (χ4v) is 4.06. The number of benzene rings is 1. The van der Waals surface area contributed by atoms with Crippen LogP contribution in [0.15, 0.2) is 33.6 Å². The fraction of sp³-hybridized carbons (Fsp3) is 0.500. The van der Waals surface area contributed by atoms with Crippen molar-refractivity contribution in [2.45, 2.75) is 37.5 Å². The molecule has 1 N–H and O–H groups in total. The number of unbranched alkanes of at least 4 members (excludes halogenated alkanes) is 3. The molecule has 0 heterocycles. The average molecular weight is 362 g/mol. The maximum absolute atomic E-state index is 12.1. The Morgan fingerprint density at radius 2 is 1.90 bits per heavy atom. The molecule has 1 amide bonds. The Kier molecular flexibility index (Phi) is 7.23. The summed E-state index contributed by atoms with van der Waals surface area (Å²) >= 11 is 3.19. The molecule has 0 aromatic heterocycles. The van der Waals surface area contributed by atoms with Crippen molar-refractivity contribution in [1.82, 2.24) is 5.32 Å². The van der Waals surface area contributed by atoms with E-state index in [9.17, 15) is 13.2 Å². The number of carbonyl (C=O) groups is 1. The van der Waals surface area contributed by atoms with Gasteiger partial charge in [-0.1, -0.05) is 38.3 Å². The summed E-state index contributed by atoms with van der Waals surface area (Å²) in [6.07, 6.45) is 4.19. The molecule has 0 unspecified atom stereocenters. The van der Waals surface area contributed by atoms with Crippen LogP contribution < -0.4 is 5.32 Å². The molecule has 0 aliphatic carbocycles. The van der Waals surface area contributed by atoms with Gasteiger partial charge in [0.2, 0.25) is 5.91 Å². The summed E-state index contributed by atoms with van der Waals surface area (Å²) in [6, 6.07) is 6.51. The lowest BCUT2D eigenvalue weighted by atomic mass is 10.2. The van der Waals surface area contributed by atoms with E-state index >= 15 is 0 Å². The molecule has 4 nitrogen and oxygen atoms in total. The fourth-order valence-electron chi connectivity index (χ4n) is 1.78. The minimum Gasteiger partial charge on any atom is -0.355 e. The van der Waals surface area contributed by atoms with Gasteiger partial charge in [-0.3, -0.25) is 4.79 Å². The normalized spacial score (nSPS) is 11.3. The van der Waals surface area contributed by atoms with Crippen LogP contribution in [0.4, 0.5) is 0 Å². The number of hydrogen-bond acceptors (Lipinski definition) is 3. The van der Waals surface area contributed by atoms with Crippen molar-refractivity contribution in [2.75, 3.05) is 12.3 Å². The summed E-state index contributed by atoms with van der Waals surface area (Å²) in [4.78, 5) is 11.8. The Morgan fingerprint density at radius 3 is 2.55 bits per heavy atom. The lowest BCUT2D eigenvalue weighted by Gasteiger charge is -2.07. The van der Waals surface area contributed by atoms with Crippen LogP contribution in [-0.4, -0.2) is 26.6 Å². The lowest BCUT2D eigenvalue weighted by molar-refractivity contribution is -0.118. The zero-order valence-electron chi connectivity index (χ0n) is 11.6. The quantitative estimate of drug-likeness (QED) is 0.724. The minimum atomic E-state index is -3.60. The summed E-state index contributed by atoms with van der Waals surface area (Å²) < 4.78 is 24.7.